The molecule has 0 unspecified atom stereocenters. The van der Waals surface area contributed by atoms with E-state index >= 15 is 0 Å². The van der Waals surface area contributed by atoms with Gasteiger partial charge >= 0.3 is 6.18 Å². The first-order valence-electron chi connectivity index (χ1n) is 11.1. The summed E-state index contributed by atoms with van der Waals surface area (Å²) in [5.41, 5.74) is -1.01. The van der Waals surface area contributed by atoms with Gasteiger partial charge in [0.25, 0.3) is 11.8 Å². The molecular weight excluding hydrogens is 523 g/mol. The number of nitrogens with one attached hydrogen (secondary N) is 3. The summed E-state index contributed by atoms with van der Waals surface area (Å²) in [6, 6.07) is 6.60. The van der Waals surface area contributed by atoms with Crippen molar-refractivity contribution in [3.8, 4) is 0 Å². The number of anilines is 1. The number of hydrogen-bond acceptors (Lipinski definition) is 4. The molecule has 1 saturated carbocycles. The van der Waals surface area contributed by atoms with Gasteiger partial charge < -0.3 is 20.4 Å². The Morgan fingerprint density at radius 2 is 1.78 bits per heavy atom. The Morgan fingerprint density at radius 3 is 2.43 bits per heavy atom. The average Bonchev–Trinajstić information content (AvgIpc) is 3.22. The molecule has 0 bridgehead atoms. The SMILES string of the molecule is COCc1nc2c(C(=O)NC3CCC(F)(F)CC3)cc(NC(=O)c3ccccc3C(F)(F)F)cc2[nH]1.Cl. The molecule has 3 N–H and O–H groups in total. The number of methoxy groups -OCH3 is 1. The van der Waals surface area contributed by atoms with Gasteiger partial charge in [-0.05, 0) is 37.1 Å². The fourth-order valence-corrected chi connectivity index (χ4v) is 4.19. The van der Waals surface area contributed by atoms with Gasteiger partial charge in [0.15, 0.2) is 0 Å². The Labute approximate surface area is 214 Å². The molecule has 0 saturated heterocycles. The molecule has 37 heavy (non-hydrogen) atoms. The van der Waals surface area contributed by atoms with Crippen LogP contribution in [0.3, 0.4) is 0 Å². The van der Waals surface area contributed by atoms with E-state index in [9.17, 15) is 31.5 Å². The normalized spacial score (nSPS) is 15.7. The molecule has 1 aromatic heterocycles. The lowest BCUT2D eigenvalue weighted by atomic mass is 9.92. The van der Waals surface area contributed by atoms with E-state index in [1.165, 1.54) is 31.4 Å². The lowest BCUT2D eigenvalue weighted by Crippen LogP contribution is -2.40. The summed E-state index contributed by atoms with van der Waals surface area (Å²) in [7, 11) is 1.45. The first kappa shape index (κ1) is 28.3. The maximum Gasteiger partial charge on any atom is 0.417 e. The highest BCUT2D eigenvalue weighted by Crippen LogP contribution is 2.34. The van der Waals surface area contributed by atoms with Gasteiger partial charge in [-0.2, -0.15) is 13.2 Å². The van der Waals surface area contributed by atoms with E-state index in [4.69, 9.17) is 4.74 Å². The van der Waals surface area contributed by atoms with Crippen LogP contribution in [0.5, 0.6) is 0 Å². The first-order chi connectivity index (χ1) is 17.0. The molecule has 3 aromatic rings. The second-order valence-corrected chi connectivity index (χ2v) is 8.64. The molecule has 1 aliphatic rings. The van der Waals surface area contributed by atoms with Crippen molar-refractivity contribution in [1.29, 1.82) is 0 Å². The van der Waals surface area contributed by atoms with Crippen LogP contribution < -0.4 is 10.6 Å². The zero-order chi connectivity index (χ0) is 26.1. The number of fused-ring (bicyclic) bond motifs is 1. The van der Waals surface area contributed by atoms with Gasteiger partial charge in [0.1, 0.15) is 17.9 Å². The molecule has 0 aliphatic heterocycles. The predicted octanol–water partition coefficient (Wildman–Crippen LogP) is 5.71. The number of carbonyl (C=O) groups excluding carboxylic acids is 2. The first-order valence-corrected chi connectivity index (χ1v) is 11.1. The minimum absolute atomic E-state index is 0. The van der Waals surface area contributed by atoms with Gasteiger partial charge in [-0.25, -0.2) is 13.8 Å². The summed E-state index contributed by atoms with van der Waals surface area (Å²) < 4.78 is 72.1. The van der Waals surface area contributed by atoms with Gasteiger partial charge in [-0.3, -0.25) is 9.59 Å². The molecule has 0 atom stereocenters. The van der Waals surface area contributed by atoms with Crippen LogP contribution in [0.4, 0.5) is 27.6 Å². The second-order valence-electron chi connectivity index (χ2n) is 8.64. The molecule has 0 radical (unpaired) electrons. The van der Waals surface area contributed by atoms with Gasteiger partial charge in [0.05, 0.1) is 22.2 Å². The van der Waals surface area contributed by atoms with E-state index in [0.29, 0.717) is 11.3 Å². The maximum atomic E-state index is 13.5. The van der Waals surface area contributed by atoms with Crippen LogP contribution in [0.25, 0.3) is 11.0 Å². The number of H-pyrrole nitrogens is 1. The van der Waals surface area contributed by atoms with Gasteiger partial charge in [-0.15, -0.1) is 12.4 Å². The predicted molar refractivity (Wildman–Crippen MR) is 128 cm³/mol. The Bertz CT molecular complexity index is 1290. The van der Waals surface area contributed by atoms with Crippen LogP contribution >= 0.6 is 12.4 Å². The van der Waals surface area contributed by atoms with E-state index in [2.05, 4.69) is 20.6 Å². The molecule has 2 aromatic carbocycles. The molecule has 4 rings (SSSR count). The van der Waals surface area contributed by atoms with Crippen LogP contribution in [-0.2, 0) is 17.5 Å². The molecule has 1 aliphatic carbocycles. The lowest BCUT2D eigenvalue weighted by molar-refractivity contribution is -0.137. The average molecular weight is 547 g/mol. The Morgan fingerprint density at radius 1 is 1.11 bits per heavy atom. The summed E-state index contributed by atoms with van der Waals surface area (Å²) in [6.07, 6.45) is -5.23. The minimum atomic E-state index is -4.74. The van der Waals surface area contributed by atoms with Gasteiger partial charge in [0, 0.05) is 31.7 Å². The Kier molecular flexibility index (Phi) is 8.43. The Hall–Kier alpha value is -3.25. The number of rotatable bonds is 6. The lowest BCUT2D eigenvalue weighted by Gasteiger charge is -2.28. The van der Waals surface area contributed by atoms with Crippen LogP contribution in [0.1, 0.15) is 57.8 Å². The van der Waals surface area contributed by atoms with Crippen LogP contribution in [0.15, 0.2) is 36.4 Å². The smallest absolute Gasteiger partial charge is 0.377 e. The summed E-state index contributed by atoms with van der Waals surface area (Å²) >= 11 is 0. The molecule has 1 heterocycles. The van der Waals surface area contributed by atoms with E-state index in [-0.39, 0.29) is 61.5 Å². The van der Waals surface area contributed by atoms with Crippen LogP contribution in [0, 0.1) is 0 Å². The number of ether oxygens (including phenoxy) is 1. The summed E-state index contributed by atoms with van der Waals surface area (Å²) in [4.78, 5) is 33.1. The van der Waals surface area contributed by atoms with E-state index in [1.54, 1.807) is 0 Å². The quantitative estimate of drug-likeness (QED) is 0.345. The number of carbonyl (C=O) groups is 2. The van der Waals surface area contributed by atoms with Crippen molar-refractivity contribution < 1.29 is 36.3 Å². The molecular formula is C24H24ClF5N4O3. The number of amides is 2. The summed E-state index contributed by atoms with van der Waals surface area (Å²) in [5, 5.41) is 5.15. The number of alkyl halides is 5. The van der Waals surface area contributed by atoms with Crippen molar-refractivity contribution in [2.45, 2.75) is 50.4 Å². The monoisotopic (exact) mass is 546 g/mol. The van der Waals surface area contributed by atoms with Gasteiger partial charge in [0.2, 0.25) is 5.92 Å². The summed E-state index contributed by atoms with van der Waals surface area (Å²) in [6.45, 7) is 0.0914. The third-order valence-electron chi connectivity index (χ3n) is 5.95. The van der Waals surface area contributed by atoms with Crippen molar-refractivity contribution in [2.75, 3.05) is 12.4 Å². The number of imidazole rings is 1. The maximum absolute atomic E-state index is 13.5. The highest BCUT2D eigenvalue weighted by molar-refractivity contribution is 6.10. The number of halogens is 6. The standard InChI is InChI=1S/C24H23F5N4O3.ClH/c1-36-12-19-32-18-11-14(31-21(34)15-4-2-3-5-17(15)24(27,28)29)10-16(20(18)33-19)22(35)30-13-6-8-23(25,26)9-7-13;/h2-5,10-11,13H,6-9,12H2,1H3,(H,30,35)(H,31,34)(H,32,33);1H. The minimum Gasteiger partial charge on any atom is -0.377 e. The molecule has 13 heteroatoms. The van der Waals surface area contributed by atoms with Gasteiger partial charge in [-0.1, -0.05) is 12.1 Å². The van der Waals surface area contributed by atoms with Crippen molar-refractivity contribution in [1.82, 2.24) is 15.3 Å². The number of hydrogen-bond donors (Lipinski definition) is 3. The molecule has 0 spiro atoms. The van der Waals surface area contributed by atoms with Crippen LogP contribution in [-0.4, -0.2) is 40.9 Å². The third kappa shape index (κ3) is 6.55. The van der Waals surface area contributed by atoms with Crippen molar-refractivity contribution in [3.63, 3.8) is 0 Å². The van der Waals surface area contributed by atoms with Crippen molar-refractivity contribution in [2.24, 2.45) is 0 Å². The largest absolute Gasteiger partial charge is 0.417 e. The zero-order valence-corrected chi connectivity index (χ0v) is 20.4. The van der Waals surface area contributed by atoms with E-state index < -0.39 is 41.1 Å². The number of aromatic amines is 1. The molecule has 200 valence electrons. The third-order valence-corrected chi connectivity index (χ3v) is 5.95. The molecule has 7 nitrogen and oxygen atoms in total. The van der Waals surface area contributed by atoms with Crippen molar-refractivity contribution >= 4 is 40.9 Å². The molecule has 2 amide bonds. The molecule has 1 fully saturated rings. The van der Waals surface area contributed by atoms with Crippen LogP contribution in [0.2, 0.25) is 0 Å². The number of benzene rings is 2. The van der Waals surface area contributed by atoms with E-state index in [1.807, 2.05) is 0 Å². The number of aromatic nitrogens is 2. The Balaban J connectivity index is 0.00000380. The fourth-order valence-electron chi connectivity index (χ4n) is 4.19. The van der Waals surface area contributed by atoms with E-state index in [0.717, 1.165) is 12.1 Å². The highest BCUT2D eigenvalue weighted by atomic mass is 35.5. The number of nitrogens with zero attached hydrogens (tertiary/aromatic N) is 1. The van der Waals surface area contributed by atoms with Crippen molar-refractivity contribution in [3.05, 3.63) is 58.9 Å². The fraction of sp³-hybridized carbons (Fsp3) is 0.375. The summed E-state index contributed by atoms with van der Waals surface area (Å²) in [5.74, 6) is -4.00. The topological polar surface area (TPSA) is 96.1 Å². The second kappa shape index (κ2) is 11.0. The zero-order valence-electron chi connectivity index (χ0n) is 19.5. The highest BCUT2D eigenvalue weighted by Gasteiger charge is 2.36.